The highest BCUT2D eigenvalue weighted by molar-refractivity contribution is 7.27. The molecule has 4 nitrogen and oxygen atoms in total. The second-order valence-corrected chi connectivity index (χ2v) is 3.59. The molecule has 18 heavy (non-hydrogen) atoms. The van der Waals surface area contributed by atoms with Crippen molar-refractivity contribution in [3.05, 3.63) is 60.7 Å². The first-order valence-electron chi connectivity index (χ1n) is 5.09. The third kappa shape index (κ3) is 5.80. The van der Waals surface area contributed by atoms with E-state index in [0.29, 0.717) is 0 Å². The Morgan fingerprint density at radius 1 is 0.833 bits per heavy atom. The molecule has 0 saturated heterocycles. The van der Waals surface area contributed by atoms with Crippen LogP contribution in [0.3, 0.4) is 0 Å². The monoisotopic (exact) mass is 261 g/mol. The summed E-state index contributed by atoms with van der Waals surface area (Å²) in [4.78, 5) is 8.35. The SMILES string of the molecule is N=C=O.c1ccc(OPOc2ccccc2)cc1. The molecule has 0 spiro atoms. The molecular weight excluding hydrogens is 249 g/mol. The van der Waals surface area contributed by atoms with E-state index in [1.165, 1.54) is 0 Å². The maximum absolute atomic E-state index is 8.35. The lowest BCUT2D eigenvalue weighted by molar-refractivity contribution is 0.516. The quantitative estimate of drug-likeness (QED) is 0.520. The second kappa shape index (κ2) is 8.94. The molecule has 0 fully saturated rings. The summed E-state index contributed by atoms with van der Waals surface area (Å²) >= 11 is 0. The normalized spacial score (nSPS) is 8.44. The molecule has 0 amide bonds. The van der Waals surface area contributed by atoms with Crippen LogP contribution >= 0.6 is 9.03 Å². The highest BCUT2D eigenvalue weighted by Gasteiger charge is 1.93. The fraction of sp³-hybridized carbons (Fsp3) is 0. The fourth-order valence-electron chi connectivity index (χ4n) is 1.09. The second-order valence-electron chi connectivity index (χ2n) is 3.02. The Kier molecular flexibility index (Phi) is 6.91. The van der Waals surface area contributed by atoms with E-state index in [4.69, 9.17) is 19.3 Å². The van der Waals surface area contributed by atoms with E-state index in [1.54, 1.807) is 0 Å². The van der Waals surface area contributed by atoms with Crippen LogP contribution in [0.5, 0.6) is 11.5 Å². The number of carbonyl (C=O) groups excluding carboxylic acids is 1. The zero-order chi connectivity index (χ0) is 13.1. The molecule has 0 aliphatic heterocycles. The molecule has 0 aliphatic carbocycles. The van der Waals surface area contributed by atoms with Gasteiger partial charge in [0.25, 0.3) is 9.03 Å². The topological polar surface area (TPSA) is 59.4 Å². The van der Waals surface area contributed by atoms with Gasteiger partial charge in [-0.05, 0) is 24.3 Å². The molecular formula is C13H12NO3P. The van der Waals surface area contributed by atoms with Crippen LogP contribution in [0.15, 0.2) is 60.7 Å². The number of nitrogens with one attached hydrogen (secondary N) is 1. The number of hydrogen-bond acceptors (Lipinski definition) is 4. The van der Waals surface area contributed by atoms with Gasteiger partial charge in [-0.15, -0.1) is 0 Å². The third-order valence-electron chi connectivity index (χ3n) is 1.81. The van der Waals surface area contributed by atoms with Crippen LogP contribution in [0, 0.1) is 5.41 Å². The van der Waals surface area contributed by atoms with Crippen molar-refractivity contribution in [1.82, 2.24) is 0 Å². The van der Waals surface area contributed by atoms with Crippen molar-refractivity contribution < 1.29 is 13.8 Å². The average molecular weight is 261 g/mol. The van der Waals surface area contributed by atoms with Gasteiger partial charge in [0.1, 0.15) is 11.5 Å². The van der Waals surface area contributed by atoms with Gasteiger partial charge in [0.2, 0.25) is 6.08 Å². The van der Waals surface area contributed by atoms with Crippen molar-refractivity contribution in [2.45, 2.75) is 0 Å². The minimum absolute atomic E-state index is 0.0129. The molecule has 0 bridgehead atoms. The van der Waals surface area contributed by atoms with E-state index in [9.17, 15) is 0 Å². The van der Waals surface area contributed by atoms with Crippen LogP contribution < -0.4 is 9.05 Å². The van der Waals surface area contributed by atoms with Crippen molar-refractivity contribution >= 4 is 15.1 Å². The largest absolute Gasteiger partial charge is 0.441 e. The van der Waals surface area contributed by atoms with Crippen LogP contribution in [0.4, 0.5) is 0 Å². The Hall–Kier alpha value is -2.15. The van der Waals surface area contributed by atoms with Gasteiger partial charge in [0, 0.05) is 0 Å². The summed E-state index contributed by atoms with van der Waals surface area (Å²) in [6.07, 6.45) is 0.750. The zero-order valence-electron chi connectivity index (χ0n) is 9.50. The number of para-hydroxylation sites is 2. The van der Waals surface area contributed by atoms with Crippen molar-refractivity contribution in [2.75, 3.05) is 0 Å². The molecule has 0 heterocycles. The summed E-state index contributed by atoms with van der Waals surface area (Å²) in [7, 11) is -0.0129. The maximum atomic E-state index is 8.35. The maximum Gasteiger partial charge on any atom is 0.275 e. The molecule has 2 aromatic carbocycles. The van der Waals surface area contributed by atoms with Gasteiger partial charge in [0.05, 0.1) is 0 Å². The third-order valence-corrected chi connectivity index (χ3v) is 2.44. The molecule has 0 unspecified atom stereocenters. The van der Waals surface area contributed by atoms with Crippen LogP contribution in [-0.2, 0) is 4.79 Å². The summed E-state index contributed by atoms with van der Waals surface area (Å²) in [6, 6.07) is 19.3. The lowest BCUT2D eigenvalue weighted by atomic mass is 10.3. The molecule has 0 aliphatic rings. The molecule has 92 valence electrons. The van der Waals surface area contributed by atoms with E-state index in [-0.39, 0.29) is 9.03 Å². The lowest BCUT2D eigenvalue weighted by Gasteiger charge is -2.06. The summed E-state index contributed by atoms with van der Waals surface area (Å²) in [5.74, 6) is 1.65. The fourth-order valence-corrected chi connectivity index (χ4v) is 1.60. The Morgan fingerprint density at radius 2 is 1.17 bits per heavy atom. The van der Waals surface area contributed by atoms with Crippen LogP contribution in [0.25, 0.3) is 0 Å². The molecule has 0 radical (unpaired) electrons. The van der Waals surface area contributed by atoms with Gasteiger partial charge < -0.3 is 9.05 Å². The molecule has 5 heteroatoms. The van der Waals surface area contributed by atoms with Crippen molar-refractivity contribution in [1.29, 1.82) is 5.41 Å². The van der Waals surface area contributed by atoms with Gasteiger partial charge in [0.15, 0.2) is 0 Å². The number of rotatable bonds is 4. The van der Waals surface area contributed by atoms with E-state index in [1.807, 2.05) is 60.7 Å². The minimum Gasteiger partial charge on any atom is -0.441 e. The standard InChI is InChI=1S/C12H11O2P.CHNO/c1-3-7-11(8-4-1)13-15-14-12-9-5-2-6-10-12;2-1-3/h1-10,15H;2H. The van der Waals surface area contributed by atoms with Crippen LogP contribution in [-0.4, -0.2) is 6.08 Å². The van der Waals surface area contributed by atoms with Gasteiger partial charge >= 0.3 is 0 Å². The van der Waals surface area contributed by atoms with Gasteiger partial charge in [-0.25, -0.2) is 10.2 Å². The molecule has 1 N–H and O–H groups in total. The Labute approximate surface area is 107 Å². The summed E-state index contributed by atoms with van der Waals surface area (Å²) in [6.45, 7) is 0. The number of benzene rings is 2. The molecule has 0 atom stereocenters. The Balaban J connectivity index is 0.000000492. The van der Waals surface area contributed by atoms with Crippen LogP contribution in [0.2, 0.25) is 0 Å². The summed E-state index contributed by atoms with van der Waals surface area (Å²) < 4.78 is 10.8. The first-order chi connectivity index (χ1) is 8.86. The molecule has 2 rings (SSSR count). The van der Waals surface area contributed by atoms with E-state index in [0.717, 1.165) is 17.6 Å². The number of hydrogen-bond donors (Lipinski definition) is 1. The van der Waals surface area contributed by atoms with E-state index < -0.39 is 0 Å². The lowest BCUT2D eigenvalue weighted by Crippen LogP contribution is -1.83. The number of isocyanates is 1. The predicted molar refractivity (Wildman–Crippen MR) is 70.9 cm³/mol. The smallest absolute Gasteiger partial charge is 0.275 e. The summed E-state index contributed by atoms with van der Waals surface area (Å²) in [5.41, 5.74) is 0. The first kappa shape index (κ1) is 13.9. The van der Waals surface area contributed by atoms with Crippen LogP contribution in [0.1, 0.15) is 0 Å². The molecule has 0 saturated carbocycles. The predicted octanol–water partition coefficient (Wildman–Crippen LogP) is 3.55. The first-order valence-corrected chi connectivity index (χ1v) is 5.91. The highest BCUT2D eigenvalue weighted by atomic mass is 31.1. The average Bonchev–Trinajstić information content (AvgIpc) is 2.42. The van der Waals surface area contributed by atoms with Crippen molar-refractivity contribution in [3.63, 3.8) is 0 Å². The minimum atomic E-state index is -0.0129. The van der Waals surface area contributed by atoms with Crippen molar-refractivity contribution in [2.24, 2.45) is 0 Å². The Morgan fingerprint density at radius 3 is 1.50 bits per heavy atom. The molecule has 2 aromatic rings. The van der Waals surface area contributed by atoms with Crippen molar-refractivity contribution in [3.8, 4) is 11.5 Å². The van der Waals surface area contributed by atoms with E-state index in [2.05, 4.69) is 0 Å². The van der Waals surface area contributed by atoms with E-state index >= 15 is 0 Å². The van der Waals surface area contributed by atoms with Gasteiger partial charge in [-0.3, -0.25) is 0 Å². The molecule has 0 aromatic heterocycles. The van der Waals surface area contributed by atoms with Gasteiger partial charge in [-0.2, -0.15) is 0 Å². The highest BCUT2D eigenvalue weighted by Crippen LogP contribution is 2.23. The zero-order valence-corrected chi connectivity index (χ0v) is 10.5. The summed E-state index contributed by atoms with van der Waals surface area (Å²) in [5, 5.41) is 5.40. The van der Waals surface area contributed by atoms with Gasteiger partial charge in [-0.1, -0.05) is 36.4 Å². The Bertz CT molecular complexity index is 431.